The molecule has 1 amide bonds. The summed E-state index contributed by atoms with van der Waals surface area (Å²) in [5.74, 6) is 0. The molecule has 0 spiro atoms. The maximum atomic E-state index is 11.0. The van der Waals surface area contributed by atoms with Crippen LogP contribution in [0.3, 0.4) is 0 Å². The second-order valence-corrected chi connectivity index (χ2v) is 4.73. The number of rotatable bonds is 2. The lowest BCUT2D eigenvalue weighted by Crippen LogP contribution is -2.21. The molecule has 0 bridgehead atoms. The van der Waals surface area contributed by atoms with Crippen LogP contribution in [0.4, 0.5) is 4.79 Å². The van der Waals surface area contributed by atoms with Crippen LogP contribution in [0.1, 0.15) is 0 Å². The van der Waals surface area contributed by atoms with Gasteiger partial charge in [0.25, 0.3) is 0 Å². The molecule has 0 unspecified atom stereocenters. The minimum atomic E-state index is -0.436. The highest BCUT2D eigenvalue weighted by atomic mass is 32.1. The van der Waals surface area contributed by atoms with Crippen LogP contribution in [0.5, 0.6) is 5.06 Å². The molecular weight excluding hydrogens is 230 g/mol. The molecule has 0 saturated heterocycles. The van der Waals surface area contributed by atoms with Gasteiger partial charge in [-0.05, 0) is 23.6 Å². The number of hydrogen-bond acceptors (Lipinski definition) is 4. The van der Waals surface area contributed by atoms with Crippen LogP contribution in [0.15, 0.2) is 29.6 Å². The van der Waals surface area contributed by atoms with E-state index in [9.17, 15) is 4.79 Å². The van der Waals surface area contributed by atoms with Crippen LogP contribution in [0.25, 0.3) is 9.75 Å². The van der Waals surface area contributed by atoms with E-state index in [1.54, 1.807) is 17.4 Å². The number of hydrogen-bond donors (Lipinski definition) is 1. The summed E-state index contributed by atoms with van der Waals surface area (Å²) in [6, 6.07) is 7.79. The number of amides is 1. The summed E-state index contributed by atoms with van der Waals surface area (Å²) < 4.78 is 5.02. The van der Waals surface area contributed by atoms with Crippen molar-refractivity contribution in [2.45, 2.75) is 0 Å². The third kappa shape index (κ3) is 2.37. The van der Waals surface area contributed by atoms with Crippen molar-refractivity contribution in [1.82, 2.24) is 5.32 Å². The zero-order valence-corrected chi connectivity index (χ0v) is 9.65. The van der Waals surface area contributed by atoms with Crippen molar-refractivity contribution in [3.63, 3.8) is 0 Å². The van der Waals surface area contributed by atoms with E-state index in [2.05, 4.69) is 5.32 Å². The summed E-state index contributed by atoms with van der Waals surface area (Å²) in [6.07, 6.45) is -0.436. The lowest BCUT2D eigenvalue weighted by Gasteiger charge is -1.97. The standard InChI is InChI=1S/C10H9NO2S2/c1-11-10(12)13-9-5-4-8(15-9)7-3-2-6-14-7/h2-6H,1H3,(H,11,12). The third-order valence-electron chi connectivity index (χ3n) is 1.74. The molecule has 15 heavy (non-hydrogen) atoms. The van der Waals surface area contributed by atoms with Gasteiger partial charge < -0.3 is 10.1 Å². The summed E-state index contributed by atoms with van der Waals surface area (Å²) in [6.45, 7) is 0. The molecule has 78 valence electrons. The van der Waals surface area contributed by atoms with Crippen LogP contribution in [0.2, 0.25) is 0 Å². The number of thiophene rings is 2. The highest BCUT2D eigenvalue weighted by Gasteiger charge is 2.07. The van der Waals surface area contributed by atoms with E-state index in [-0.39, 0.29) is 0 Å². The molecule has 0 atom stereocenters. The summed E-state index contributed by atoms with van der Waals surface area (Å²) in [5.41, 5.74) is 0. The van der Waals surface area contributed by atoms with Crippen molar-refractivity contribution in [2.75, 3.05) is 7.05 Å². The molecule has 2 heterocycles. The van der Waals surface area contributed by atoms with Gasteiger partial charge in [-0.25, -0.2) is 4.79 Å². The largest absolute Gasteiger partial charge is 0.413 e. The number of ether oxygens (including phenoxy) is 1. The third-order valence-corrected chi connectivity index (χ3v) is 3.77. The molecule has 0 fully saturated rings. The van der Waals surface area contributed by atoms with Crippen LogP contribution >= 0.6 is 22.7 Å². The fourth-order valence-electron chi connectivity index (χ4n) is 1.07. The Morgan fingerprint density at radius 2 is 2.20 bits per heavy atom. The Morgan fingerprint density at radius 3 is 2.87 bits per heavy atom. The quantitative estimate of drug-likeness (QED) is 0.874. The Bertz CT molecular complexity index is 448. The molecule has 5 heteroatoms. The molecule has 3 nitrogen and oxygen atoms in total. The zero-order chi connectivity index (χ0) is 10.7. The molecular formula is C10H9NO2S2. The van der Waals surface area contributed by atoms with Crippen molar-refractivity contribution < 1.29 is 9.53 Å². The molecule has 0 aliphatic heterocycles. The van der Waals surface area contributed by atoms with Crippen molar-refractivity contribution in [1.29, 1.82) is 0 Å². The van der Waals surface area contributed by atoms with Crippen molar-refractivity contribution >= 4 is 28.8 Å². The zero-order valence-electron chi connectivity index (χ0n) is 8.02. The summed E-state index contributed by atoms with van der Waals surface area (Å²) in [5, 5.41) is 5.04. The summed E-state index contributed by atoms with van der Waals surface area (Å²) >= 11 is 3.13. The van der Waals surface area contributed by atoms with E-state index < -0.39 is 6.09 Å². The Labute approximate surface area is 95.3 Å². The second kappa shape index (κ2) is 4.46. The molecule has 2 aromatic heterocycles. The molecule has 0 saturated carbocycles. The molecule has 1 N–H and O–H groups in total. The van der Waals surface area contributed by atoms with Gasteiger partial charge in [-0.2, -0.15) is 0 Å². The van der Waals surface area contributed by atoms with Gasteiger partial charge in [0.05, 0.1) is 0 Å². The van der Waals surface area contributed by atoms with Gasteiger partial charge in [-0.3, -0.25) is 0 Å². The van der Waals surface area contributed by atoms with E-state index in [0.717, 1.165) is 4.88 Å². The fourth-order valence-corrected chi connectivity index (χ4v) is 2.76. The monoisotopic (exact) mass is 239 g/mol. The maximum absolute atomic E-state index is 11.0. The average Bonchev–Trinajstić information content (AvgIpc) is 2.85. The van der Waals surface area contributed by atoms with Crippen molar-refractivity contribution in [2.24, 2.45) is 0 Å². The smallest absolute Gasteiger partial charge is 0.399 e. The van der Waals surface area contributed by atoms with Crippen LogP contribution in [-0.4, -0.2) is 13.1 Å². The highest BCUT2D eigenvalue weighted by molar-refractivity contribution is 7.22. The van der Waals surface area contributed by atoms with Gasteiger partial charge in [0.2, 0.25) is 0 Å². The number of carbonyl (C=O) groups is 1. The molecule has 2 aromatic rings. The van der Waals surface area contributed by atoms with Gasteiger partial charge >= 0.3 is 6.09 Å². The fraction of sp³-hybridized carbons (Fsp3) is 0.100. The van der Waals surface area contributed by atoms with Gasteiger partial charge in [0, 0.05) is 16.8 Å². The van der Waals surface area contributed by atoms with Crippen LogP contribution in [-0.2, 0) is 0 Å². The van der Waals surface area contributed by atoms with Crippen molar-refractivity contribution in [3.8, 4) is 14.8 Å². The van der Waals surface area contributed by atoms with Gasteiger partial charge in [-0.15, -0.1) is 11.3 Å². The lowest BCUT2D eigenvalue weighted by molar-refractivity contribution is 0.204. The number of nitrogens with one attached hydrogen (secondary N) is 1. The van der Waals surface area contributed by atoms with Gasteiger partial charge in [0.15, 0.2) is 5.06 Å². The predicted octanol–water partition coefficient (Wildman–Crippen LogP) is 3.19. The predicted molar refractivity (Wildman–Crippen MR) is 62.7 cm³/mol. The molecule has 0 aliphatic rings. The van der Waals surface area contributed by atoms with E-state index in [1.165, 1.54) is 23.3 Å². The van der Waals surface area contributed by atoms with E-state index in [1.807, 2.05) is 23.6 Å². The number of carbonyl (C=O) groups excluding carboxylic acids is 1. The molecule has 0 aliphatic carbocycles. The van der Waals surface area contributed by atoms with Crippen molar-refractivity contribution in [3.05, 3.63) is 29.6 Å². The Morgan fingerprint density at radius 1 is 1.33 bits per heavy atom. The first-order chi connectivity index (χ1) is 7.29. The first-order valence-electron chi connectivity index (χ1n) is 4.33. The first kappa shape index (κ1) is 10.2. The topological polar surface area (TPSA) is 38.3 Å². The minimum absolute atomic E-state index is 0.436. The molecule has 2 rings (SSSR count). The van der Waals surface area contributed by atoms with E-state index in [0.29, 0.717) is 5.06 Å². The Kier molecular flexibility index (Phi) is 3.03. The minimum Gasteiger partial charge on any atom is -0.399 e. The maximum Gasteiger partial charge on any atom is 0.413 e. The lowest BCUT2D eigenvalue weighted by atomic mass is 10.4. The Hall–Kier alpha value is -1.33. The second-order valence-electron chi connectivity index (χ2n) is 2.74. The normalized spacial score (nSPS) is 9.93. The SMILES string of the molecule is CNC(=O)Oc1ccc(-c2cccs2)s1. The summed E-state index contributed by atoms with van der Waals surface area (Å²) in [4.78, 5) is 13.3. The Balaban J connectivity index is 2.14. The molecule has 0 aromatic carbocycles. The van der Waals surface area contributed by atoms with Crippen LogP contribution in [0, 0.1) is 0 Å². The highest BCUT2D eigenvalue weighted by Crippen LogP contribution is 2.35. The van der Waals surface area contributed by atoms with Gasteiger partial charge in [-0.1, -0.05) is 17.4 Å². The van der Waals surface area contributed by atoms with E-state index in [4.69, 9.17) is 4.74 Å². The van der Waals surface area contributed by atoms with Gasteiger partial charge in [0.1, 0.15) is 0 Å². The molecule has 0 radical (unpaired) electrons. The first-order valence-corrected chi connectivity index (χ1v) is 6.02. The van der Waals surface area contributed by atoms with E-state index >= 15 is 0 Å². The van der Waals surface area contributed by atoms with Crippen LogP contribution < -0.4 is 10.1 Å². The summed E-state index contributed by atoms with van der Waals surface area (Å²) in [7, 11) is 1.54. The average molecular weight is 239 g/mol.